The van der Waals surface area contributed by atoms with Gasteiger partial charge in [0.1, 0.15) is 0 Å². The van der Waals surface area contributed by atoms with Crippen molar-refractivity contribution in [2.75, 3.05) is 32.7 Å². The standard InChI is InChI=1S/C16H28N6O2.HI/c1-3-17-15(18-6-7-21-14(23)9-19-16(21)24)20-12-8-11(2)22(10-12)13-4-5-13;/h11-13H,3-10H2,1-2H3,(H,19,24)(H2,17,18,20);1H. The molecule has 0 bridgehead atoms. The highest BCUT2D eigenvalue weighted by Gasteiger charge is 2.38. The zero-order chi connectivity index (χ0) is 17.1. The van der Waals surface area contributed by atoms with E-state index in [4.69, 9.17) is 0 Å². The highest BCUT2D eigenvalue weighted by molar-refractivity contribution is 14.0. The minimum atomic E-state index is -0.321. The van der Waals surface area contributed by atoms with Gasteiger partial charge in [0.05, 0.1) is 19.6 Å². The van der Waals surface area contributed by atoms with Crippen molar-refractivity contribution in [2.45, 2.75) is 51.2 Å². The third-order valence-corrected chi connectivity index (χ3v) is 4.85. The van der Waals surface area contributed by atoms with E-state index in [2.05, 4.69) is 32.8 Å². The fourth-order valence-corrected chi connectivity index (χ4v) is 3.53. The molecule has 9 heteroatoms. The van der Waals surface area contributed by atoms with Gasteiger partial charge < -0.3 is 16.0 Å². The van der Waals surface area contributed by atoms with Crippen LogP contribution in [0.5, 0.6) is 0 Å². The number of halogens is 1. The van der Waals surface area contributed by atoms with Crippen LogP contribution >= 0.6 is 24.0 Å². The van der Waals surface area contributed by atoms with Gasteiger partial charge in [-0.15, -0.1) is 24.0 Å². The Balaban J connectivity index is 0.00000225. The fraction of sp³-hybridized carbons (Fsp3) is 0.812. The first-order valence-electron chi connectivity index (χ1n) is 8.97. The molecule has 2 atom stereocenters. The molecule has 2 aliphatic heterocycles. The van der Waals surface area contributed by atoms with Crippen LogP contribution in [0, 0.1) is 0 Å². The lowest BCUT2D eigenvalue weighted by atomic mass is 10.2. The van der Waals surface area contributed by atoms with E-state index < -0.39 is 0 Å². The van der Waals surface area contributed by atoms with E-state index in [-0.39, 0.29) is 42.5 Å². The minimum Gasteiger partial charge on any atom is -0.357 e. The number of amides is 3. The largest absolute Gasteiger partial charge is 0.357 e. The molecule has 2 unspecified atom stereocenters. The number of nitrogens with zero attached hydrogens (tertiary/aromatic N) is 3. The molecule has 0 radical (unpaired) electrons. The fourth-order valence-electron chi connectivity index (χ4n) is 3.53. The molecule has 142 valence electrons. The number of hydrogen-bond donors (Lipinski definition) is 3. The lowest BCUT2D eigenvalue weighted by Gasteiger charge is -2.20. The maximum absolute atomic E-state index is 11.6. The van der Waals surface area contributed by atoms with E-state index in [0.717, 1.165) is 31.5 Å². The van der Waals surface area contributed by atoms with Crippen molar-refractivity contribution >= 4 is 41.9 Å². The Morgan fingerprint density at radius 2 is 2.12 bits per heavy atom. The van der Waals surface area contributed by atoms with Gasteiger partial charge >= 0.3 is 6.03 Å². The van der Waals surface area contributed by atoms with Crippen molar-refractivity contribution in [3.05, 3.63) is 0 Å². The number of aliphatic imine (C=N–C) groups is 1. The van der Waals surface area contributed by atoms with Gasteiger partial charge in [0.25, 0.3) is 0 Å². The van der Waals surface area contributed by atoms with Crippen LogP contribution in [-0.2, 0) is 4.79 Å². The Labute approximate surface area is 166 Å². The summed E-state index contributed by atoms with van der Waals surface area (Å²) in [5.74, 6) is 0.581. The van der Waals surface area contributed by atoms with Crippen molar-refractivity contribution in [1.29, 1.82) is 0 Å². The number of guanidine groups is 1. The molecule has 2 heterocycles. The summed E-state index contributed by atoms with van der Waals surface area (Å²) in [7, 11) is 0. The van der Waals surface area contributed by atoms with E-state index in [1.165, 1.54) is 17.7 Å². The summed E-state index contributed by atoms with van der Waals surface area (Å²) >= 11 is 0. The average Bonchev–Trinajstić information content (AvgIpc) is 3.25. The summed E-state index contributed by atoms with van der Waals surface area (Å²) < 4.78 is 0. The molecular weight excluding hydrogens is 435 g/mol. The van der Waals surface area contributed by atoms with Crippen molar-refractivity contribution in [2.24, 2.45) is 4.99 Å². The third kappa shape index (κ3) is 5.19. The maximum Gasteiger partial charge on any atom is 0.324 e. The zero-order valence-electron chi connectivity index (χ0n) is 15.0. The van der Waals surface area contributed by atoms with Crippen LogP contribution in [0.2, 0.25) is 0 Å². The van der Waals surface area contributed by atoms with Crippen LogP contribution < -0.4 is 16.0 Å². The highest BCUT2D eigenvalue weighted by Crippen LogP contribution is 2.33. The van der Waals surface area contributed by atoms with Crippen LogP contribution in [0.15, 0.2) is 4.99 Å². The molecule has 3 fully saturated rings. The maximum atomic E-state index is 11.6. The van der Waals surface area contributed by atoms with E-state index in [1.807, 2.05) is 6.92 Å². The second kappa shape index (κ2) is 9.02. The van der Waals surface area contributed by atoms with Crippen molar-refractivity contribution in [3.8, 4) is 0 Å². The number of likely N-dealkylation sites (tertiary alicyclic amines) is 1. The Bertz CT molecular complexity index is 509. The molecule has 3 N–H and O–H groups in total. The Morgan fingerprint density at radius 3 is 2.72 bits per heavy atom. The summed E-state index contributed by atoms with van der Waals surface area (Å²) in [6.45, 7) is 6.98. The monoisotopic (exact) mass is 464 g/mol. The summed E-state index contributed by atoms with van der Waals surface area (Å²) in [5, 5.41) is 9.27. The Hall–Kier alpha value is -1.10. The number of hydrogen-bond acceptors (Lipinski definition) is 4. The van der Waals surface area contributed by atoms with Gasteiger partial charge in [0.2, 0.25) is 5.91 Å². The second-order valence-corrected chi connectivity index (χ2v) is 6.82. The molecule has 3 rings (SSSR count). The first kappa shape index (κ1) is 20.2. The SMILES string of the molecule is CCNC(=NCCN1C(=O)CNC1=O)NC1CC(C)N(C2CC2)C1.I. The molecule has 1 saturated carbocycles. The number of carbonyl (C=O) groups is 2. The first-order chi connectivity index (χ1) is 11.6. The summed E-state index contributed by atoms with van der Waals surface area (Å²) in [5.41, 5.74) is 0. The smallest absolute Gasteiger partial charge is 0.324 e. The second-order valence-electron chi connectivity index (χ2n) is 6.82. The lowest BCUT2D eigenvalue weighted by Crippen LogP contribution is -2.45. The summed E-state index contributed by atoms with van der Waals surface area (Å²) in [6, 6.07) is 1.47. The molecule has 25 heavy (non-hydrogen) atoms. The molecule has 0 aromatic rings. The van der Waals surface area contributed by atoms with Gasteiger partial charge in [0, 0.05) is 31.2 Å². The molecule has 3 amide bonds. The Kier molecular flexibility index (Phi) is 7.29. The molecule has 0 aromatic heterocycles. The number of carbonyl (C=O) groups excluding carboxylic acids is 2. The third-order valence-electron chi connectivity index (χ3n) is 4.85. The van der Waals surface area contributed by atoms with Crippen molar-refractivity contribution < 1.29 is 9.59 Å². The molecule has 3 aliphatic rings. The van der Waals surface area contributed by atoms with E-state index in [9.17, 15) is 9.59 Å². The van der Waals surface area contributed by atoms with Crippen molar-refractivity contribution in [3.63, 3.8) is 0 Å². The molecule has 0 aromatic carbocycles. The van der Waals surface area contributed by atoms with E-state index in [1.54, 1.807) is 0 Å². The van der Waals surface area contributed by atoms with Gasteiger partial charge in [-0.2, -0.15) is 0 Å². The van der Waals surface area contributed by atoms with Crippen molar-refractivity contribution in [1.82, 2.24) is 25.8 Å². The lowest BCUT2D eigenvalue weighted by molar-refractivity contribution is -0.124. The minimum absolute atomic E-state index is 0. The average molecular weight is 464 g/mol. The van der Waals surface area contributed by atoms with Crippen LogP contribution in [-0.4, -0.2) is 78.5 Å². The van der Waals surface area contributed by atoms with Crippen LogP contribution in [0.4, 0.5) is 4.79 Å². The number of imide groups is 1. The van der Waals surface area contributed by atoms with Crippen LogP contribution in [0.25, 0.3) is 0 Å². The van der Waals surface area contributed by atoms with Gasteiger partial charge in [0.15, 0.2) is 5.96 Å². The first-order valence-corrected chi connectivity index (χ1v) is 8.97. The quantitative estimate of drug-likeness (QED) is 0.228. The van der Waals surface area contributed by atoms with Gasteiger partial charge in [-0.25, -0.2) is 4.79 Å². The molecule has 8 nitrogen and oxygen atoms in total. The van der Waals surface area contributed by atoms with Gasteiger partial charge in [-0.3, -0.25) is 19.6 Å². The predicted octanol–water partition coefficient (Wildman–Crippen LogP) is 0.337. The molecule has 2 saturated heterocycles. The Morgan fingerprint density at radius 1 is 1.36 bits per heavy atom. The number of urea groups is 1. The van der Waals surface area contributed by atoms with E-state index >= 15 is 0 Å². The van der Waals surface area contributed by atoms with Crippen LogP contribution in [0.3, 0.4) is 0 Å². The molecule has 0 spiro atoms. The van der Waals surface area contributed by atoms with Gasteiger partial charge in [-0.05, 0) is 33.1 Å². The molecule has 1 aliphatic carbocycles. The van der Waals surface area contributed by atoms with E-state index in [0.29, 0.717) is 25.2 Å². The highest BCUT2D eigenvalue weighted by atomic mass is 127. The summed E-state index contributed by atoms with van der Waals surface area (Å²) in [6.07, 6.45) is 3.78. The number of rotatable bonds is 6. The predicted molar refractivity (Wildman–Crippen MR) is 107 cm³/mol. The van der Waals surface area contributed by atoms with Gasteiger partial charge in [-0.1, -0.05) is 0 Å². The normalized spacial score (nSPS) is 27.3. The zero-order valence-corrected chi connectivity index (χ0v) is 17.3. The van der Waals surface area contributed by atoms with Crippen LogP contribution in [0.1, 0.15) is 33.1 Å². The summed E-state index contributed by atoms with van der Waals surface area (Å²) in [4.78, 5) is 31.4. The topological polar surface area (TPSA) is 89.1 Å². The molecular formula is C16H29IN6O2. The number of nitrogens with one attached hydrogen (secondary N) is 3.